The van der Waals surface area contributed by atoms with Gasteiger partial charge in [0, 0.05) is 30.5 Å². The van der Waals surface area contributed by atoms with Gasteiger partial charge in [-0.05, 0) is 27.4 Å². The number of carboxylic acid groups (broad SMARTS) is 1. The molecule has 1 fully saturated rings. The Labute approximate surface area is 239 Å². The molecule has 1 unspecified atom stereocenters. The summed E-state index contributed by atoms with van der Waals surface area (Å²) in [6, 6.07) is 1.22. The van der Waals surface area contributed by atoms with E-state index in [1.807, 2.05) is 0 Å². The van der Waals surface area contributed by atoms with Gasteiger partial charge in [-0.1, -0.05) is 17.8 Å². The second-order valence-corrected chi connectivity index (χ2v) is 10.3. The number of aliphatic carboxylic acids is 1. The number of primary amides is 1. The van der Waals surface area contributed by atoms with Gasteiger partial charge in [-0.15, -0.1) is 28.2 Å². The second-order valence-electron chi connectivity index (χ2n) is 7.34. The van der Waals surface area contributed by atoms with Crippen molar-refractivity contribution in [2.24, 2.45) is 12.8 Å². The second kappa shape index (κ2) is 11.5. The Morgan fingerprint density at radius 1 is 1.44 bits per heavy atom. The summed E-state index contributed by atoms with van der Waals surface area (Å²) < 4.78 is 6.88. The molecule has 2 aromatic heterocycles. The maximum Gasteiger partial charge on any atom is 1.00 e. The third-order valence-corrected chi connectivity index (χ3v) is 8.68. The Balaban J connectivity index is 0.00000361. The van der Waals surface area contributed by atoms with E-state index in [9.17, 15) is 24.3 Å². The molecule has 4 amide bonds. The van der Waals surface area contributed by atoms with Gasteiger partial charge >= 0.3 is 35.6 Å². The summed E-state index contributed by atoms with van der Waals surface area (Å²) in [5, 5.41) is 29.3. The molecule has 0 bridgehead atoms. The first-order chi connectivity index (χ1) is 16.7. The monoisotopic (exact) mass is 562 g/mol. The number of amides is 4. The van der Waals surface area contributed by atoms with Gasteiger partial charge in [0.2, 0.25) is 5.16 Å². The van der Waals surface area contributed by atoms with E-state index in [0.717, 1.165) is 4.90 Å². The number of aromatic nitrogens is 4. The van der Waals surface area contributed by atoms with Crippen LogP contribution in [0.5, 0.6) is 0 Å². The summed E-state index contributed by atoms with van der Waals surface area (Å²) in [6.45, 7) is 0. The summed E-state index contributed by atoms with van der Waals surface area (Å²) >= 11 is 3.64. The quantitative estimate of drug-likeness (QED) is 0.115. The van der Waals surface area contributed by atoms with Gasteiger partial charge in [0.15, 0.2) is 0 Å². The fraction of sp³-hybridized carbons (Fsp3) is 0.389. The average Bonchev–Trinajstić information content (AvgIpc) is 3.50. The first kappa shape index (κ1) is 28.4. The number of methoxy groups -OCH3 is 1. The predicted molar refractivity (Wildman–Crippen MR) is 122 cm³/mol. The number of tetrazole rings is 1. The van der Waals surface area contributed by atoms with Gasteiger partial charge in [-0.25, -0.2) is 9.48 Å². The Morgan fingerprint density at radius 2 is 2.19 bits per heavy atom. The molecule has 14 nitrogen and oxygen atoms in total. The van der Waals surface area contributed by atoms with E-state index in [0.29, 0.717) is 15.6 Å². The summed E-state index contributed by atoms with van der Waals surface area (Å²) in [7, 11) is 2.87. The van der Waals surface area contributed by atoms with Gasteiger partial charge in [-0.3, -0.25) is 14.5 Å². The molecular weight excluding hydrogens is 543 g/mol. The number of thiophene rings is 1. The number of fused-ring (bicyclic) bond motifs is 1. The molecule has 3 atom stereocenters. The van der Waals surface area contributed by atoms with Crippen molar-refractivity contribution in [1.82, 2.24) is 35.7 Å². The molecule has 2 aliphatic heterocycles. The molecule has 4 heterocycles. The van der Waals surface area contributed by atoms with Crippen LogP contribution >= 0.6 is 34.9 Å². The van der Waals surface area contributed by atoms with Crippen LogP contribution in [-0.2, 0) is 26.2 Å². The molecule has 2 aliphatic rings. The molecular formula is C18H19N8NaO6S3. The van der Waals surface area contributed by atoms with Crippen LogP contribution in [0.3, 0.4) is 0 Å². The van der Waals surface area contributed by atoms with Crippen molar-refractivity contribution in [2.75, 3.05) is 18.6 Å². The van der Waals surface area contributed by atoms with Crippen LogP contribution in [0.2, 0.25) is 0 Å². The average molecular weight is 563 g/mol. The number of aryl methyl sites for hydroxylation is 1. The van der Waals surface area contributed by atoms with Gasteiger partial charge < -0.3 is 31.0 Å². The fourth-order valence-electron chi connectivity index (χ4n) is 3.66. The van der Waals surface area contributed by atoms with Crippen LogP contribution in [0, 0.1) is 0 Å². The zero-order valence-electron chi connectivity index (χ0n) is 19.3. The van der Waals surface area contributed by atoms with Crippen molar-refractivity contribution >= 4 is 58.7 Å². The number of carboxylic acids is 1. The maximum atomic E-state index is 13.3. The van der Waals surface area contributed by atoms with Crippen LogP contribution in [0.4, 0.5) is 4.79 Å². The fourth-order valence-corrected chi connectivity index (χ4v) is 6.86. The number of carbonyl (C=O) groups excluding carboxylic acids is 4. The molecule has 0 saturated carbocycles. The number of hydrogen-bond donors (Lipinski definition) is 3. The Kier molecular flexibility index (Phi) is 9.07. The number of nitrogens with zero attached hydrogens (tertiary/aromatic N) is 5. The standard InChI is InChI=1S/C18H20N8O6S3.Na/c1-25-17(22-23-24-25)35-7-8-6-34-15-18(32-2,14(30)26(15)11(8)13(28)29)21-12(27)10(20-16(19)31)9-4-3-5-33-9;/h3-5,10,15H,6-7H2,1-2H3,(H,21,27)(H,28,29)(H3,19,20,31);/q;+1/p-1/t10?,15-,18+;/m1./s1. The van der Waals surface area contributed by atoms with Crippen LogP contribution in [0.1, 0.15) is 10.9 Å². The first-order valence-corrected chi connectivity index (χ1v) is 12.8. The Morgan fingerprint density at radius 3 is 2.75 bits per heavy atom. The van der Waals surface area contributed by atoms with E-state index in [2.05, 4.69) is 26.2 Å². The molecule has 36 heavy (non-hydrogen) atoms. The minimum absolute atomic E-state index is 0. The van der Waals surface area contributed by atoms with Crippen LogP contribution < -0.4 is 51.0 Å². The van der Waals surface area contributed by atoms with E-state index in [1.54, 1.807) is 24.6 Å². The minimum Gasteiger partial charge on any atom is -0.543 e. The number of urea groups is 1. The molecule has 4 rings (SSSR count). The van der Waals surface area contributed by atoms with E-state index in [-0.39, 0.29) is 46.8 Å². The smallest absolute Gasteiger partial charge is 0.543 e. The Bertz CT molecular complexity index is 1210. The van der Waals surface area contributed by atoms with Crippen LogP contribution in [0.15, 0.2) is 33.9 Å². The summed E-state index contributed by atoms with van der Waals surface area (Å²) in [6.07, 6.45) is 0. The summed E-state index contributed by atoms with van der Waals surface area (Å²) in [5.74, 6) is -2.62. The third kappa shape index (κ3) is 5.13. The number of rotatable bonds is 9. The topological polar surface area (TPSA) is 197 Å². The third-order valence-electron chi connectivity index (χ3n) is 5.27. The van der Waals surface area contributed by atoms with Gasteiger partial charge in [0.05, 0.1) is 11.7 Å². The van der Waals surface area contributed by atoms with Crippen LogP contribution in [0.25, 0.3) is 0 Å². The maximum absolute atomic E-state index is 13.3. The van der Waals surface area contributed by atoms with Crippen molar-refractivity contribution in [1.29, 1.82) is 0 Å². The molecule has 18 heteroatoms. The van der Waals surface area contributed by atoms with Crippen molar-refractivity contribution in [3.8, 4) is 0 Å². The number of carbonyl (C=O) groups is 4. The van der Waals surface area contributed by atoms with Crippen molar-refractivity contribution in [3.63, 3.8) is 0 Å². The van der Waals surface area contributed by atoms with E-state index in [1.165, 1.54) is 46.7 Å². The number of ether oxygens (including phenoxy) is 1. The molecule has 2 aromatic rings. The predicted octanol–water partition coefficient (Wildman–Crippen LogP) is -4.84. The van der Waals surface area contributed by atoms with Crippen LogP contribution in [-0.4, -0.2) is 78.6 Å². The minimum atomic E-state index is -1.84. The number of nitrogens with two attached hydrogens (primary N) is 1. The van der Waals surface area contributed by atoms with Crippen molar-refractivity contribution in [3.05, 3.63) is 33.7 Å². The molecule has 0 spiro atoms. The van der Waals surface area contributed by atoms with Gasteiger partial charge in [-0.2, -0.15) is 0 Å². The largest absolute Gasteiger partial charge is 1.00 e. The molecule has 186 valence electrons. The van der Waals surface area contributed by atoms with E-state index in [4.69, 9.17) is 10.5 Å². The number of β-lactam (4-membered cyclic amide) rings is 1. The van der Waals surface area contributed by atoms with Crippen molar-refractivity contribution in [2.45, 2.75) is 22.3 Å². The Hall–Kier alpha value is -2.15. The molecule has 1 saturated heterocycles. The molecule has 4 N–H and O–H groups in total. The normalized spacial score (nSPS) is 21.7. The zero-order chi connectivity index (χ0) is 25.3. The van der Waals surface area contributed by atoms with Gasteiger partial charge in [0.1, 0.15) is 11.4 Å². The van der Waals surface area contributed by atoms with E-state index < -0.39 is 41.0 Å². The molecule has 0 radical (unpaired) electrons. The first-order valence-electron chi connectivity index (χ1n) is 9.90. The van der Waals surface area contributed by atoms with Crippen molar-refractivity contribution < 1.29 is 58.6 Å². The van der Waals surface area contributed by atoms with Gasteiger partial charge in [0.25, 0.3) is 17.5 Å². The summed E-state index contributed by atoms with van der Waals surface area (Å²) in [5.41, 5.74) is 3.54. The number of hydrogen-bond acceptors (Lipinski definition) is 12. The number of nitrogens with one attached hydrogen (secondary N) is 2. The number of thioether (sulfide) groups is 2. The summed E-state index contributed by atoms with van der Waals surface area (Å²) in [4.78, 5) is 51.4. The molecule has 0 aromatic carbocycles. The molecule has 0 aliphatic carbocycles. The SMILES string of the molecule is CO[C@@]1(NC(=O)C(NC(N)=O)c2cccs2)C(=O)N2C(C(=O)[O-])=C(CSc3nnnn3C)CS[C@@H]21.[Na+]. The van der Waals surface area contributed by atoms with E-state index >= 15 is 0 Å². The zero-order valence-corrected chi connectivity index (χ0v) is 23.7.